The summed E-state index contributed by atoms with van der Waals surface area (Å²) < 4.78 is 59.6. The second-order valence-corrected chi connectivity index (χ2v) is 8.28. The van der Waals surface area contributed by atoms with Crippen LogP contribution in [0.1, 0.15) is 18.9 Å². The van der Waals surface area contributed by atoms with Crippen LogP contribution in [0.5, 0.6) is 0 Å². The zero-order valence-corrected chi connectivity index (χ0v) is 15.8. The van der Waals surface area contributed by atoms with Crippen LogP contribution in [0.4, 0.5) is 35.4 Å². The van der Waals surface area contributed by atoms with E-state index in [1.165, 1.54) is 11.6 Å². The van der Waals surface area contributed by atoms with Crippen LogP contribution in [0.15, 0.2) is 27.9 Å². The van der Waals surface area contributed by atoms with Gasteiger partial charge >= 0.3 is 5.51 Å². The summed E-state index contributed by atoms with van der Waals surface area (Å²) in [6, 6.07) is 3.06. The molecule has 0 fully saturated rings. The van der Waals surface area contributed by atoms with Crippen molar-refractivity contribution < 1.29 is 22.3 Å². The van der Waals surface area contributed by atoms with E-state index in [0.29, 0.717) is 6.54 Å². The van der Waals surface area contributed by atoms with Gasteiger partial charge in [0.25, 0.3) is 5.13 Å². The number of halogens is 3. The van der Waals surface area contributed by atoms with Crippen molar-refractivity contribution in [3.8, 4) is 0 Å². The van der Waals surface area contributed by atoms with E-state index >= 15 is 0 Å². The van der Waals surface area contributed by atoms with Gasteiger partial charge in [0.05, 0.1) is 5.69 Å². The Morgan fingerprint density at radius 1 is 1.33 bits per heavy atom. The van der Waals surface area contributed by atoms with Gasteiger partial charge in [0, 0.05) is 18.8 Å². The standard InChI is InChI=1S/C14H17F3N6O2S2/c1-2-23-5-3-4-9-6-10(19-21-13-20-18-8-26-13)11(7-12(9)23)22-27(24,25)14(15,16)17/h6-8,22,24-25H,2-5H2,1H3. The molecule has 0 spiro atoms. The van der Waals surface area contributed by atoms with Crippen LogP contribution in [0.2, 0.25) is 0 Å². The highest BCUT2D eigenvalue weighted by molar-refractivity contribution is 8.26. The van der Waals surface area contributed by atoms with E-state index in [9.17, 15) is 22.3 Å². The fraction of sp³-hybridized carbons (Fsp3) is 0.429. The number of hydrogen-bond donors (Lipinski definition) is 3. The molecule has 0 saturated carbocycles. The molecule has 0 atom stereocenters. The normalized spacial score (nSPS) is 15.9. The predicted molar refractivity (Wildman–Crippen MR) is 99.3 cm³/mol. The fourth-order valence-corrected chi connectivity index (χ4v) is 3.66. The SMILES string of the molecule is CCN1CCCc2cc(N=Nc3nncs3)c(NS(O)(O)C(F)(F)F)cc21. The molecular formula is C14H17F3N6O2S2. The first-order valence-corrected chi connectivity index (χ1v) is 10.4. The van der Waals surface area contributed by atoms with E-state index in [2.05, 4.69) is 20.4 Å². The van der Waals surface area contributed by atoms with Crippen LogP contribution in [0.3, 0.4) is 0 Å². The van der Waals surface area contributed by atoms with Gasteiger partial charge in [-0.2, -0.15) is 13.2 Å². The van der Waals surface area contributed by atoms with Crippen molar-refractivity contribution in [3.63, 3.8) is 0 Å². The average Bonchev–Trinajstić information content (AvgIpc) is 3.11. The maximum Gasteiger partial charge on any atom is 0.514 e. The van der Waals surface area contributed by atoms with E-state index in [1.54, 1.807) is 6.07 Å². The molecule has 148 valence electrons. The molecule has 1 aliphatic rings. The van der Waals surface area contributed by atoms with E-state index < -0.39 is 16.3 Å². The number of nitrogens with one attached hydrogen (secondary N) is 1. The molecule has 0 radical (unpaired) electrons. The van der Waals surface area contributed by atoms with Crippen molar-refractivity contribution in [2.24, 2.45) is 10.2 Å². The maximum atomic E-state index is 12.9. The zero-order chi connectivity index (χ0) is 19.7. The predicted octanol–water partition coefficient (Wildman–Crippen LogP) is 5.32. The van der Waals surface area contributed by atoms with Crippen molar-refractivity contribution >= 4 is 44.3 Å². The highest BCUT2D eigenvalue weighted by Crippen LogP contribution is 2.56. The van der Waals surface area contributed by atoms with Crippen molar-refractivity contribution in [3.05, 3.63) is 23.2 Å². The molecule has 3 N–H and O–H groups in total. The van der Waals surface area contributed by atoms with Crippen molar-refractivity contribution in [1.82, 2.24) is 10.2 Å². The second kappa shape index (κ2) is 7.58. The molecule has 1 aromatic carbocycles. The Morgan fingerprint density at radius 3 is 2.74 bits per heavy atom. The highest BCUT2D eigenvalue weighted by atomic mass is 32.3. The summed E-state index contributed by atoms with van der Waals surface area (Å²) in [7, 11) is -5.09. The number of rotatable bonds is 5. The zero-order valence-electron chi connectivity index (χ0n) is 14.1. The molecule has 0 aliphatic carbocycles. The molecule has 0 unspecified atom stereocenters. The van der Waals surface area contributed by atoms with Crippen LogP contribution in [-0.4, -0.2) is 37.9 Å². The third-order valence-corrected chi connectivity index (χ3v) is 5.68. The Hall–Kier alpha value is -1.96. The van der Waals surface area contributed by atoms with Crippen LogP contribution in [0.25, 0.3) is 0 Å². The minimum Gasteiger partial charge on any atom is -0.372 e. The number of azo groups is 1. The summed E-state index contributed by atoms with van der Waals surface area (Å²) in [6.45, 7) is 3.38. The summed E-state index contributed by atoms with van der Waals surface area (Å²) in [5, 5.41) is 15.3. The van der Waals surface area contributed by atoms with Gasteiger partial charge in [0.1, 0.15) is 11.2 Å². The first-order chi connectivity index (χ1) is 12.7. The summed E-state index contributed by atoms with van der Waals surface area (Å²) in [4.78, 5) is 2.01. The highest BCUT2D eigenvalue weighted by Gasteiger charge is 2.46. The molecule has 0 saturated heterocycles. The minimum absolute atomic E-state index is 0.0612. The topological polar surface area (TPSA) is 106 Å². The molecule has 0 amide bonds. The molecular weight excluding hydrogens is 405 g/mol. The Morgan fingerprint density at radius 2 is 2.11 bits per heavy atom. The molecule has 27 heavy (non-hydrogen) atoms. The monoisotopic (exact) mass is 422 g/mol. The number of fused-ring (bicyclic) bond motifs is 1. The lowest BCUT2D eigenvalue weighted by Crippen LogP contribution is -2.29. The molecule has 8 nitrogen and oxygen atoms in total. The van der Waals surface area contributed by atoms with E-state index in [1.807, 2.05) is 16.5 Å². The van der Waals surface area contributed by atoms with Gasteiger partial charge in [-0.15, -0.1) is 20.4 Å². The summed E-state index contributed by atoms with van der Waals surface area (Å²) in [5.74, 6) is 0. The quantitative estimate of drug-likeness (QED) is 0.563. The molecule has 1 aliphatic heterocycles. The first-order valence-electron chi connectivity index (χ1n) is 7.93. The van der Waals surface area contributed by atoms with Crippen LogP contribution < -0.4 is 9.62 Å². The van der Waals surface area contributed by atoms with E-state index in [-0.39, 0.29) is 16.5 Å². The number of aryl methyl sites for hydroxylation is 1. The summed E-state index contributed by atoms with van der Waals surface area (Å²) in [5.41, 5.74) is -2.24. The van der Waals surface area contributed by atoms with Gasteiger partial charge in [-0.05, 0) is 48.2 Å². The smallest absolute Gasteiger partial charge is 0.372 e. The van der Waals surface area contributed by atoms with Gasteiger partial charge in [-0.1, -0.05) is 11.3 Å². The van der Waals surface area contributed by atoms with Gasteiger partial charge in [0.2, 0.25) is 0 Å². The number of benzene rings is 1. The maximum absolute atomic E-state index is 12.9. The Kier molecular flexibility index (Phi) is 5.55. The largest absolute Gasteiger partial charge is 0.514 e. The van der Waals surface area contributed by atoms with Gasteiger partial charge in [-0.3, -0.25) is 13.8 Å². The Labute approximate surface area is 158 Å². The Balaban J connectivity index is 2.04. The molecule has 2 aromatic rings. The van der Waals surface area contributed by atoms with Crippen LogP contribution in [-0.2, 0) is 6.42 Å². The third-order valence-electron chi connectivity index (χ3n) is 3.96. The molecule has 3 rings (SSSR count). The van der Waals surface area contributed by atoms with Crippen molar-refractivity contribution in [2.45, 2.75) is 25.3 Å². The lowest BCUT2D eigenvalue weighted by Gasteiger charge is -2.36. The third kappa shape index (κ3) is 4.31. The van der Waals surface area contributed by atoms with Crippen molar-refractivity contribution in [1.29, 1.82) is 0 Å². The van der Waals surface area contributed by atoms with Crippen LogP contribution in [0, 0.1) is 0 Å². The van der Waals surface area contributed by atoms with Crippen molar-refractivity contribution in [2.75, 3.05) is 22.7 Å². The Bertz CT molecular complexity index is 829. The average molecular weight is 422 g/mol. The second-order valence-electron chi connectivity index (χ2n) is 5.70. The number of aromatic nitrogens is 2. The van der Waals surface area contributed by atoms with Gasteiger partial charge in [0.15, 0.2) is 0 Å². The molecule has 0 bridgehead atoms. The molecule has 13 heteroatoms. The lowest BCUT2D eigenvalue weighted by molar-refractivity contribution is -0.0518. The fourth-order valence-electron chi connectivity index (χ4n) is 2.71. The van der Waals surface area contributed by atoms with E-state index in [4.69, 9.17) is 0 Å². The van der Waals surface area contributed by atoms with E-state index in [0.717, 1.165) is 42.0 Å². The van der Waals surface area contributed by atoms with Gasteiger partial charge in [-0.25, -0.2) is 0 Å². The molecule has 1 aromatic heterocycles. The van der Waals surface area contributed by atoms with Gasteiger partial charge < -0.3 is 4.90 Å². The molecule has 2 heterocycles. The number of alkyl halides is 3. The lowest BCUT2D eigenvalue weighted by atomic mass is 10.0. The number of anilines is 2. The van der Waals surface area contributed by atoms with Crippen LogP contribution >= 0.6 is 22.1 Å². The summed E-state index contributed by atoms with van der Waals surface area (Å²) in [6.07, 6.45) is 1.64. The minimum atomic E-state index is -5.22. The summed E-state index contributed by atoms with van der Waals surface area (Å²) >= 11 is 1.11. The number of nitrogens with zero attached hydrogens (tertiary/aromatic N) is 5. The number of hydrogen-bond acceptors (Lipinski definition) is 9. The first kappa shape index (κ1) is 19.8.